The number of rotatable bonds is 4. The SMILES string of the molecule is CC(=O)OC[C@@]12C[C@@H]1[C@@H](N=[N+]=[N-])C[C@@H]2OC(C)=O. The molecule has 2 rings (SSSR count). The molecule has 0 radical (unpaired) electrons. The molecule has 2 saturated carbocycles. The molecule has 2 aliphatic rings. The highest BCUT2D eigenvalue weighted by atomic mass is 16.6. The predicted molar refractivity (Wildman–Crippen MR) is 60.3 cm³/mol. The lowest BCUT2D eigenvalue weighted by molar-refractivity contribution is -0.153. The van der Waals surface area contributed by atoms with Gasteiger partial charge in [0, 0.05) is 30.2 Å². The monoisotopic (exact) mass is 253 g/mol. The summed E-state index contributed by atoms with van der Waals surface area (Å²) in [6, 6.07) is -0.171. The smallest absolute Gasteiger partial charge is 0.302 e. The maximum atomic E-state index is 11.1. The normalized spacial score (nSPS) is 36.2. The van der Waals surface area contributed by atoms with E-state index in [0.29, 0.717) is 6.42 Å². The van der Waals surface area contributed by atoms with Crippen molar-refractivity contribution >= 4 is 11.9 Å². The molecule has 98 valence electrons. The molecule has 0 aromatic carbocycles. The summed E-state index contributed by atoms with van der Waals surface area (Å²) < 4.78 is 10.3. The summed E-state index contributed by atoms with van der Waals surface area (Å²) in [6.45, 7) is 2.91. The van der Waals surface area contributed by atoms with Gasteiger partial charge in [-0.2, -0.15) is 0 Å². The number of azide groups is 1. The van der Waals surface area contributed by atoms with Crippen LogP contribution in [0.3, 0.4) is 0 Å². The van der Waals surface area contributed by atoms with Crippen LogP contribution >= 0.6 is 0 Å². The van der Waals surface area contributed by atoms with Gasteiger partial charge in [-0.05, 0) is 24.3 Å². The van der Waals surface area contributed by atoms with E-state index in [2.05, 4.69) is 10.0 Å². The average molecular weight is 253 g/mol. The van der Waals surface area contributed by atoms with E-state index in [1.54, 1.807) is 0 Å². The molecule has 7 nitrogen and oxygen atoms in total. The zero-order valence-electron chi connectivity index (χ0n) is 10.3. The van der Waals surface area contributed by atoms with Crippen molar-refractivity contribution in [3.8, 4) is 0 Å². The predicted octanol–water partition coefficient (Wildman–Crippen LogP) is 1.57. The van der Waals surface area contributed by atoms with Gasteiger partial charge in [-0.3, -0.25) is 9.59 Å². The lowest BCUT2D eigenvalue weighted by Crippen LogP contribution is -2.29. The molecule has 0 saturated heterocycles. The fourth-order valence-corrected chi connectivity index (χ4v) is 2.91. The number of carbonyl (C=O) groups excluding carboxylic acids is 2. The van der Waals surface area contributed by atoms with Crippen molar-refractivity contribution in [3.05, 3.63) is 10.4 Å². The first-order chi connectivity index (χ1) is 8.49. The number of carbonyl (C=O) groups is 2. The zero-order valence-corrected chi connectivity index (χ0v) is 10.3. The van der Waals surface area contributed by atoms with E-state index in [0.717, 1.165) is 6.42 Å². The quantitative estimate of drug-likeness (QED) is 0.328. The van der Waals surface area contributed by atoms with Crippen LogP contribution in [0.15, 0.2) is 5.11 Å². The third-order valence-electron chi connectivity index (χ3n) is 3.79. The van der Waals surface area contributed by atoms with Gasteiger partial charge in [0.25, 0.3) is 0 Å². The first-order valence-electron chi connectivity index (χ1n) is 5.84. The number of ether oxygens (including phenoxy) is 2. The highest BCUT2D eigenvalue weighted by Gasteiger charge is 2.69. The summed E-state index contributed by atoms with van der Waals surface area (Å²) in [4.78, 5) is 24.8. The number of hydrogen-bond acceptors (Lipinski definition) is 5. The molecule has 7 heteroatoms. The summed E-state index contributed by atoms with van der Waals surface area (Å²) in [5, 5.41) is 3.72. The molecule has 0 aromatic heterocycles. The molecule has 0 bridgehead atoms. The minimum Gasteiger partial charge on any atom is -0.465 e. The van der Waals surface area contributed by atoms with Gasteiger partial charge < -0.3 is 9.47 Å². The Morgan fingerprint density at radius 3 is 2.72 bits per heavy atom. The van der Waals surface area contributed by atoms with E-state index < -0.39 is 0 Å². The third kappa shape index (κ3) is 2.13. The zero-order chi connectivity index (χ0) is 13.3. The van der Waals surface area contributed by atoms with Gasteiger partial charge in [0.2, 0.25) is 0 Å². The summed E-state index contributed by atoms with van der Waals surface area (Å²) in [6.07, 6.45) is 0.951. The maximum Gasteiger partial charge on any atom is 0.302 e. The van der Waals surface area contributed by atoms with Gasteiger partial charge in [-0.15, -0.1) is 0 Å². The van der Waals surface area contributed by atoms with E-state index in [-0.39, 0.29) is 42.0 Å². The van der Waals surface area contributed by atoms with E-state index in [1.807, 2.05) is 0 Å². The molecule has 2 aliphatic carbocycles. The molecule has 0 N–H and O–H groups in total. The number of nitrogens with zero attached hydrogens (tertiary/aromatic N) is 3. The van der Waals surface area contributed by atoms with Crippen LogP contribution < -0.4 is 0 Å². The highest BCUT2D eigenvalue weighted by Crippen LogP contribution is 2.65. The summed E-state index contributed by atoms with van der Waals surface area (Å²) in [5.41, 5.74) is 8.16. The number of esters is 2. The Bertz CT molecular complexity index is 432. The number of hydrogen-bond donors (Lipinski definition) is 0. The fourth-order valence-electron chi connectivity index (χ4n) is 2.91. The van der Waals surface area contributed by atoms with Crippen LogP contribution in [0.1, 0.15) is 26.7 Å². The van der Waals surface area contributed by atoms with E-state index in [9.17, 15) is 9.59 Å². The summed E-state index contributed by atoms with van der Waals surface area (Å²) in [5.74, 6) is -0.574. The van der Waals surface area contributed by atoms with Crippen molar-refractivity contribution in [2.45, 2.75) is 38.8 Å². The standard InChI is InChI=1S/C11H15N3O4/c1-6(15)17-5-11-4-8(11)9(13-14-12)3-10(11)18-7(2)16/h8-10H,3-5H2,1-2H3/t8-,9+,10+,11+/m1/s1. The third-order valence-corrected chi connectivity index (χ3v) is 3.79. The summed E-state index contributed by atoms with van der Waals surface area (Å²) in [7, 11) is 0. The lowest BCUT2D eigenvalue weighted by Gasteiger charge is -2.22. The first-order valence-corrected chi connectivity index (χ1v) is 5.84. The van der Waals surface area contributed by atoms with E-state index in [4.69, 9.17) is 15.0 Å². The van der Waals surface area contributed by atoms with Crippen LogP contribution in [0.5, 0.6) is 0 Å². The van der Waals surface area contributed by atoms with Crippen LogP contribution in [0, 0.1) is 11.3 Å². The second-order valence-electron chi connectivity index (χ2n) is 4.93. The maximum absolute atomic E-state index is 11.1. The molecule has 0 spiro atoms. The fraction of sp³-hybridized carbons (Fsp3) is 0.818. The molecule has 4 atom stereocenters. The van der Waals surface area contributed by atoms with E-state index in [1.165, 1.54) is 13.8 Å². The van der Waals surface area contributed by atoms with Crippen molar-refractivity contribution in [3.63, 3.8) is 0 Å². The first kappa shape index (κ1) is 12.7. The highest BCUT2D eigenvalue weighted by molar-refractivity contribution is 5.67. The second kappa shape index (κ2) is 4.49. The van der Waals surface area contributed by atoms with Gasteiger partial charge >= 0.3 is 11.9 Å². The largest absolute Gasteiger partial charge is 0.465 e. The van der Waals surface area contributed by atoms with E-state index >= 15 is 0 Å². The minimum absolute atomic E-state index is 0.150. The lowest BCUT2D eigenvalue weighted by atomic mass is 10.0. The van der Waals surface area contributed by atoms with Crippen LogP contribution in [-0.4, -0.2) is 30.7 Å². The molecule has 0 heterocycles. The van der Waals surface area contributed by atoms with Crippen molar-refractivity contribution in [2.75, 3.05) is 6.61 Å². The Morgan fingerprint density at radius 1 is 1.44 bits per heavy atom. The van der Waals surface area contributed by atoms with Crippen molar-refractivity contribution in [1.29, 1.82) is 0 Å². The average Bonchev–Trinajstić information content (AvgIpc) is 2.94. The van der Waals surface area contributed by atoms with Crippen molar-refractivity contribution in [2.24, 2.45) is 16.4 Å². The topological polar surface area (TPSA) is 101 Å². The van der Waals surface area contributed by atoms with Gasteiger partial charge in [0.1, 0.15) is 12.7 Å². The molecular formula is C11H15N3O4. The van der Waals surface area contributed by atoms with Gasteiger partial charge in [0.05, 0.1) is 0 Å². The molecule has 0 unspecified atom stereocenters. The molecule has 0 amide bonds. The van der Waals surface area contributed by atoms with Gasteiger partial charge in [-0.25, -0.2) is 0 Å². The minimum atomic E-state index is -0.366. The summed E-state index contributed by atoms with van der Waals surface area (Å²) >= 11 is 0. The van der Waals surface area contributed by atoms with Gasteiger partial charge in [0.15, 0.2) is 0 Å². The Hall–Kier alpha value is -1.75. The Morgan fingerprint density at radius 2 is 2.17 bits per heavy atom. The van der Waals surface area contributed by atoms with Crippen LogP contribution in [-0.2, 0) is 19.1 Å². The molecule has 0 aromatic rings. The van der Waals surface area contributed by atoms with Crippen LogP contribution in [0.4, 0.5) is 0 Å². The Balaban J connectivity index is 2.09. The van der Waals surface area contributed by atoms with Crippen LogP contribution in [0.25, 0.3) is 10.4 Å². The van der Waals surface area contributed by atoms with Gasteiger partial charge in [-0.1, -0.05) is 5.11 Å². The van der Waals surface area contributed by atoms with Crippen molar-refractivity contribution < 1.29 is 19.1 Å². The molecule has 18 heavy (non-hydrogen) atoms. The molecular weight excluding hydrogens is 238 g/mol. The molecule has 2 fully saturated rings. The second-order valence-corrected chi connectivity index (χ2v) is 4.93. The molecule has 0 aliphatic heterocycles. The Labute approximate surface area is 104 Å². The number of fused-ring (bicyclic) bond motifs is 1. The Kier molecular flexibility index (Phi) is 3.17. The van der Waals surface area contributed by atoms with Crippen LogP contribution in [0.2, 0.25) is 0 Å². The van der Waals surface area contributed by atoms with Crippen molar-refractivity contribution in [1.82, 2.24) is 0 Å².